The number of furan rings is 1. The Labute approximate surface area is 147 Å². The summed E-state index contributed by atoms with van der Waals surface area (Å²) in [4.78, 5) is 23.5. The van der Waals surface area contributed by atoms with Crippen molar-refractivity contribution in [3.05, 3.63) is 35.6 Å². The van der Waals surface area contributed by atoms with Gasteiger partial charge < -0.3 is 20.4 Å². The molecule has 1 heterocycles. The first kappa shape index (κ1) is 17.3. The fraction of sp³-hybridized carbons (Fsp3) is 0.474. The van der Waals surface area contributed by atoms with Crippen LogP contribution in [-0.4, -0.2) is 25.0 Å². The molecule has 1 aliphatic rings. The summed E-state index contributed by atoms with van der Waals surface area (Å²) in [6, 6.07) is 7.60. The molecule has 0 unspecified atom stereocenters. The van der Waals surface area contributed by atoms with E-state index in [4.69, 9.17) is 4.42 Å². The van der Waals surface area contributed by atoms with E-state index in [2.05, 4.69) is 16.0 Å². The molecule has 1 fully saturated rings. The molecule has 3 rings (SSSR count). The van der Waals surface area contributed by atoms with Crippen molar-refractivity contribution in [2.24, 2.45) is 5.92 Å². The number of amides is 3. The molecular weight excluding hydrogens is 318 g/mol. The van der Waals surface area contributed by atoms with E-state index >= 15 is 0 Å². The third kappa shape index (κ3) is 4.32. The van der Waals surface area contributed by atoms with Crippen molar-refractivity contribution in [1.29, 1.82) is 0 Å². The Bertz CT molecular complexity index is 749. The standard InChI is InChI=1S/C19H25N3O3/c1-13-15-8-2-3-9-16(15)25-17(13)12-22-19(24)21-11-5-10-20-18(23)14-6-4-7-14/h2-3,8-9,14H,4-7,10-12H2,1H3,(H,20,23)(H2,21,22,24). The van der Waals surface area contributed by atoms with Crippen molar-refractivity contribution in [1.82, 2.24) is 16.0 Å². The Morgan fingerprint density at radius 2 is 1.88 bits per heavy atom. The number of hydrogen-bond donors (Lipinski definition) is 3. The molecule has 1 aromatic carbocycles. The molecule has 0 aliphatic heterocycles. The van der Waals surface area contributed by atoms with Crippen molar-refractivity contribution < 1.29 is 14.0 Å². The molecule has 0 atom stereocenters. The predicted octanol–water partition coefficient (Wildman–Crippen LogP) is 2.85. The van der Waals surface area contributed by atoms with Crippen LogP contribution in [0.1, 0.15) is 37.0 Å². The average Bonchev–Trinajstić information content (AvgIpc) is 2.87. The van der Waals surface area contributed by atoms with Gasteiger partial charge in [0, 0.05) is 30.0 Å². The topological polar surface area (TPSA) is 83.4 Å². The molecule has 1 saturated carbocycles. The summed E-state index contributed by atoms with van der Waals surface area (Å²) in [5.41, 5.74) is 1.88. The fourth-order valence-electron chi connectivity index (χ4n) is 2.93. The molecule has 0 spiro atoms. The third-order valence-corrected chi connectivity index (χ3v) is 4.77. The zero-order chi connectivity index (χ0) is 17.6. The van der Waals surface area contributed by atoms with E-state index in [1.807, 2.05) is 31.2 Å². The largest absolute Gasteiger partial charge is 0.459 e. The van der Waals surface area contributed by atoms with Crippen LogP contribution in [0.15, 0.2) is 28.7 Å². The maximum atomic E-state index is 11.9. The average molecular weight is 343 g/mol. The van der Waals surface area contributed by atoms with Gasteiger partial charge in [-0.25, -0.2) is 4.79 Å². The molecule has 2 aromatic rings. The number of urea groups is 1. The lowest BCUT2D eigenvalue weighted by molar-refractivity contribution is -0.127. The van der Waals surface area contributed by atoms with Crippen LogP contribution >= 0.6 is 0 Å². The van der Waals surface area contributed by atoms with Gasteiger partial charge in [-0.3, -0.25) is 4.79 Å². The molecule has 134 valence electrons. The number of fused-ring (bicyclic) bond motifs is 1. The monoisotopic (exact) mass is 343 g/mol. The summed E-state index contributed by atoms with van der Waals surface area (Å²) < 4.78 is 5.77. The van der Waals surface area contributed by atoms with Gasteiger partial charge >= 0.3 is 6.03 Å². The lowest BCUT2D eigenvalue weighted by atomic mass is 9.85. The SMILES string of the molecule is Cc1c(CNC(=O)NCCCNC(=O)C2CCC2)oc2ccccc12. The smallest absolute Gasteiger partial charge is 0.315 e. The van der Waals surface area contributed by atoms with Gasteiger partial charge in [-0.2, -0.15) is 0 Å². The van der Waals surface area contributed by atoms with Gasteiger partial charge in [-0.1, -0.05) is 24.6 Å². The van der Waals surface area contributed by atoms with Gasteiger partial charge in [-0.05, 0) is 32.3 Å². The quantitative estimate of drug-likeness (QED) is 0.676. The second-order valence-electron chi connectivity index (χ2n) is 6.53. The van der Waals surface area contributed by atoms with Crippen LogP contribution < -0.4 is 16.0 Å². The van der Waals surface area contributed by atoms with Gasteiger partial charge in [0.1, 0.15) is 11.3 Å². The number of aryl methyl sites for hydroxylation is 1. The molecule has 0 saturated heterocycles. The molecule has 1 aliphatic carbocycles. The summed E-state index contributed by atoms with van der Waals surface area (Å²) in [6.45, 7) is 3.46. The summed E-state index contributed by atoms with van der Waals surface area (Å²) in [6.07, 6.45) is 3.89. The molecule has 6 nitrogen and oxygen atoms in total. The molecule has 25 heavy (non-hydrogen) atoms. The van der Waals surface area contributed by atoms with E-state index in [1.165, 1.54) is 0 Å². The highest BCUT2D eigenvalue weighted by Gasteiger charge is 2.24. The molecule has 3 amide bonds. The minimum Gasteiger partial charge on any atom is -0.459 e. The van der Waals surface area contributed by atoms with Gasteiger partial charge in [0.25, 0.3) is 0 Å². The minimum absolute atomic E-state index is 0.149. The van der Waals surface area contributed by atoms with E-state index in [9.17, 15) is 9.59 Å². The molecule has 0 bridgehead atoms. The minimum atomic E-state index is -0.231. The van der Waals surface area contributed by atoms with E-state index in [0.717, 1.165) is 48.0 Å². The Hall–Kier alpha value is -2.50. The van der Waals surface area contributed by atoms with Crippen molar-refractivity contribution >= 4 is 22.9 Å². The summed E-state index contributed by atoms with van der Waals surface area (Å²) in [5, 5.41) is 9.58. The summed E-state index contributed by atoms with van der Waals surface area (Å²) in [7, 11) is 0. The second-order valence-corrected chi connectivity index (χ2v) is 6.53. The summed E-state index contributed by atoms with van der Waals surface area (Å²) in [5.74, 6) is 1.13. The predicted molar refractivity (Wildman–Crippen MR) is 96.2 cm³/mol. The Morgan fingerprint density at radius 1 is 1.12 bits per heavy atom. The summed E-state index contributed by atoms with van der Waals surface area (Å²) >= 11 is 0. The zero-order valence-corrected chi connectivity index (χ0v) is 14.6. The second kappa shape index (κ2) is 8.05. The van der Waals surface area contributed by atoms with Gasteiger partial charge in [-0.15, -0.1) is 0 Å². The maximum Gasteiger partial charge on any atom is 0.315 e. The normalized spacial score (nSPS) is 14.1. The Kier molecular flexibility index (Phi) is 5.58. The Balaban J connectivity index is 1.33. The number of para-hydroxylation sites is 1. The highest BCUT2D eigenvalue weighted by Crippen LogP contribution is 2.26. The molecular formula is C19H25N3O3. The first-order valence-electron chi connectivity index (χ1n) is 8.91. The van der Waals surface area contributed by atoms with Crippen LogP contribution in [0.4, 0.5) is 4.79 Å². The van der Waals surface area contributed by atoms with Crippen LogP contribution in [0.25, 0.3) is 11.0 Å². The van der Waals surface area contributed by atoms with Crippen molar-refractivity contribution in [3.8, 4) is 0 Å². The highest BCUT2D eigenvalue weighted by atomic mass is 16.3. The van der Waals surface area contributed by atoms with Crippen LogP contribution in [0.3, 0.4) is 0 Å². The number of nitrogens with one attached hydrogen (secondary N) is 3. The zero-order valence-electron chi connectivity index (χ0n) is 14.6. The van der Waals surface area contributed by atoms with Crippen molar-refractivity contribution in [2.45, 2.75) is 39.2 Å². The molecule has 3 N–H and O–H groups in total. The number of rotatable bonds is 7. The lowest BCUT2D eigenvalue weighted by Gasteiger charge is -2.23. The van der Waals surface area contributed by atoms with Crippen LogP contribution in [0, 0.1) is 12.8 Å². The first-order valence-corrected chi connectivity index (χ1v) is 8.91. The molecule has 1 aromatic heterocycles. The lowest BCUT2D eigenvalue weighted by Crippen LogP contribution is -2.38. The van der Waals surface area contributed by atoms with E-state index in [-0.39, 0.29) is 17.9 Å². The van der Waals surface area contributed by atoms with Gasteiger partial charge in [0.15, 0.2) is 0 Å². The van der Waals surface area contributed by atoms with E-state index < -0.39 is 0 Å². The number of carbonyl (C=O) groups is 2. The van der Waals surface area contributed by atoms with Crippen LogP contribution in [0.5, 0.6) is 0 Å². The van der Waals surface area contributed by atoms with Crippen LogP contribution in [0.2, 0.25) is 0 Å². The van der Waals surface area contributed by atoms with E-state index in [1.54, 1.807) is 0 Å². The van der Waals surface area contributed by atoms with E-state index in [0.29, 0.717) is 19.6 Å². The Morgan fingerprint density at radius 3 is 2.60 bits per heavy atom. The van der Waals surface area contributed by atoms with Crippen molar-refractivity contribution in [2.75, 3.05) is 13.1 Å². The highest BCUT2D eigenvalue weighted by molar-refractivity contribution is 5.82. The van der Waals surface area contributed by atoms with Crippen LogP contribution in [-0.2, 0) is 11.3 Å². The number of hydrogen-bond acceptors (Lipinski definition) is 3. The fourth-order valence-corrected chi connectivity index (χ4v) is 2.93. The van der Waals surface area contributed by atoms with Crippen molar-refractivity contribution in [3.63, 3.8) is 0 Å². The first-order chi connectivity index (χ1) is 12.1. The third-order valence-electron chi connectivity index (χ3n) is 4.77. The maximum absolute atomic E-state index is 11.9. The molecule has 0 radical (unpaired) electrons. The molecule has 6 heteroatoms. The van der Waals surface area contributed by atoms with Gasteiger partial charge in [0.2, 0.25) is 5.91 Å². The van der Waals surface area contributed by atoms with Gasteiger partial charge in [0.05, 0.1) is 6.54 Å². The number of benzene rings is 1. The number of carbonyl (C=O) groups excluding carboxylic acids is 2.